The van der Waals surface area contributed by atoms with Crippen LogP contribution in [0.5, 0.6) is 5.75 Å². The maximum atomic E-state index is 13.0. The van der Waals surface area contributed by atoms with Gasteiger partial charge in [-0.1, -0.05) is 24.3 Å². The van der Waals surface area contributed by atoms with Gasteiger partial charge in [0, 0.05) is 26.7 Å². The molecule has 0 radical (unpaired) electrons. The Balaban J connectivity index is 1.42. The lowest BCUT2D eigenvalue weighted by Crippen LogP contribution is -2.43. The van der Waals surface area contributed by atoms with Gasteiger partial charge in [-0.2, -0.15) is 4.98 Å². The molecule has 1 aliphatic heterocycles. The van der Waals surface area contributed by atoms with Gasteiger partial charge in [0.15, 0.2) is 5.58 Å². The summed E-state index contributed by atoms with van der Waals surface area (Å²) in [7, 11) is 3.52. The van der Waals surface area contributed by atoms with E-state index in [9.17, 15) is 4.79 Å². The van der Waals surface area contributed by atoms with E-state index in [0.29, 0.717) is 19.1 Å². The number of hydrogen-bond donors (Lipinski definition) is 0. The van der Waals surface area contributed by atoms with E-state index >= 15 is 0 Å². The zero-order chi connectivity index (χ0) is 19.5. The maximum Gasteiger partial charge on any atom is 0.298 e. The number of methoxy groups -OCH3 is 1. The predicted octanol–water partition coefficient (Wildman–Crippen LogP) is 3.71. The van der Waals surface area contributed by atoms with E-state index < -0.39 is 0 Å². The minimum absolute atomic E-state index is 0.0491. The van der Waals surface area contributed by atoms with Gasteiger partial charge in [-0.15, -0.1) is 0 Å². The van der Waals surface area contributed by atoms with Crippen LogP contribution in [-0.4, -0.2) is 43.0 Å². The number of para-hydroxylation sites is 2. The van der Waals surface area contributed by atoms with Crippen LogP contribution in [0.15, 0.2) is 52.9 Å². The van der Waals surface area contributed by atoms with Gasteiger partial charge in [0.05, 0.1) is 13.0 Å². The standard InChI is InChI=1S/C22H25N3O3/c1-24(14-16-9-11-18(27-2)12-10-16)21(26)17-6-5-13-25(15-17)22-23-19-7-3-4-8-20(19)28-22/h3-4,7-12,17H,5-6,13-15H2,1-2H3. The summed E-state index contributed by atoms with van der Waals surface area (Å²) in [6.45, 7) is 2.08. The highest BCUT2D eigenvalue weighted by Crippen LogP contribution is 2.27. The van der Waals surface area contributed by atoms with Crippen molar-refractivity contribution >= 4 is 23.0 Å². The molecule has 4 rings (SSSR count). The van der Waals surface area contributed by atoms with Crippen molar-refractivity contribution in [3.05, 3.63) is 54.1 Å². The first-order valence-corrected chi connectivity index (χ1v) is 9.62. The lowest BCUT2D eigenvalue weighted by atomic mass is 9.96. The number of carbonyl (C=O) groups is 1. The molecule has 0 N–H and O–H groups in total. The summed E-state index contributed by atoms with van der Waals surface area (Å²) in [5.74, 6) is 0.933. The molecular weight excluding hydrogens is 354 g/mol. The second-order valence-electron chi connectivity index (χ2n) is 7.29. The third-order valence-electron chi connectivity index (χ3n) is 5.28. The van der Waals surface area contributed by atoms with E-state index in [1.54, 1.807) is 7.11 Å². The summed E-state index contributed by atoms with van der Waals surface area (Å²) in [4.78, 5) is 21.5. The average molecular weight is 379 g/mol. The number of ether oxygens (including phenoxy) is 1. The lowest BCUT2D eigenvalue weighted by Gasteiger charge is -2.33. The molecule has 2 aromatic carbocycles. The fourth-order valence-corrected chi connectivity index (χ4v) is 3.74. The van der Waals surface area contributed by atoms with Crippen molar-refractivity contribution in [1.82, 2.24) is 9.88 Å². The highest BCUT2D eigenvalue weighted by Gasteiger charge is 2.30. The monoisotopic (exact) mass is 379 g/mol. The Bertz CT molecular complexity index is 918. The van der Waals surface area contributed by atoms with Crippen molar-refractivity contribution < 1.29 is 13.9 Å². The number of oxazole rings is 1. The molecule has 0 bridgehead atoms. The van der Waals surface area contributed by atoms with Crippen molar-refractivity contribution in [2.75, 3.05) is 32.1 Å². The van der Waals surface area contributed by atoms with E-state index in [2.05, 4.69) is 9.88 Å². The highest BCUT2D eigenvalue weighted by atomic mass is 16.5. The van der Waals surface area contributed by atoms with Crippen molar-refractivity contribution in [2.45, 2.75) is 19.4 Å². The maximum absolute atomic E-state index is 13.0. The van der Waals surface area contributed by atoms with Crippen LogP contribution in [-0.2, 0) is 11.3 Å². The average Bonchev–Trinajstić information content (AvgIpc) is 3.18. The number of carbonyl (C=O) groups excluding carboxylic acids is 1. The Labute approximate surface area is 164 Å². The van der Waals surface area contributed by atoms with Gasteiger partial charge in [0.2, 0.25) is 5.91 Å². The first-order valence-electron chi connectivity index (χ1n) is 9.62. The van der Waals surface area contributed by atoms with Gasteiger partial charge in [0.1, 0.15) is 11.3 Å². The van der Waals surface area contributed by atoms with E-state index in [4.69, 9.17) is 9.15 Å². The number of nitrogens with zero attached hydrogens (tertiary/aromatic N) is 3. The smallest absolute Gasteiger partial charge is 0.298 e. The Hall–Kier alpha value is -3.02. The number of fused-ring (bicyclic) bond motifs is 1. The first-order chi connectivity index (χ1) is 13.6. The molecule has 1 saturated heterocycles. The zero-order valence-electron chi connectivity index (χ0n) is 16.3. The van der Waals surface area contributed by atoms with Crippen LogP contribution >= 0.6 is 0 Å². The Morgan fingerprint density at radius 1 is 1.25 bits per heavy atom. The van der Waals surface area contributed by atoms with Gasteiger partial charge < -0.3 is 19.0 Å². The zero-order valence-corrected chi connectivity index (χ0v) is 16.3. The van der Waals surface area contributed by atoms with Gasteiger partial charge in [-0.25, -0.2) is 0 Å². The van der Waals surface area contributed by atoms with E-state index in [1.807, 2.05) is 60.5 Å². The number of aromatic nitrogens is 1. The third-order valence-corrected chi connectivity index (χ3v) is 5.28. The summed E-state index contributed by atoms with van der Waals surface area (Å²) in [6, 6.07) is 16.2. The molecule has 3 aromatic rings. The van der Waals surface area contributed by atoms with Gasteiger partial charge >= 0.3 is 0 Å². The molecular formula is C22H25N3O3. The minimum Gasteiger partial charge on any atom is -0.497 e. The molecule has 28 heavy (non-hydrogen) atoms. The molecule has 1 fully saturated rings. The number of hydrogen-bond acceptors (Lipinski definition) is 5. The molecule has 6 heteroatoms. The molecule has 1 aliphatic rings. The number of anilines is 1. The van der Waals surface area contributed by atoms with Crippen LogP contribution < -0.4 is 9.64 Å². The van der Waals surface area contributed by atoms with E-state index in [1.165, 1.54) is 0 Å². The molecule has 0 spiro atoms. The van der Waals surface area contributed by atoms with Crippen LogP contribution in [0.1, 0.15) is 18.4 Å². The molecule has 146 valence electrons. The van der Waals surface area contributed by atoms with Gasteiger partial charge in [0.25, 0.3) is 6.01 Å². The molecule has 1 unspecified atom stereocenters. The fourth-order valence-electron chi connectivity index (χ4n) is 3.74. The molecule has 1 aromatic heterocycles. The normalized spacial score (nSPS) is 16.9. The van der Waals surface area contributed by atoms with Crippen molar-refractivity contribution in [1.29, 1.82) is 0 Å². The number of rotatable bonds is 5. The molecule has 0 saturated carbocycles. The quantitative estimate of drug-likeness (QED) is 0.676. The highest BCUT2D eigenvalue weighted by molar-refractivity contribution is 5.80. The molecule has 0 aliphatic carbocycles. The second-order valence-corrected chi connectivity index (χ2v) is 7.29. The van der Waals surface area contributed by atoms with Crippen LogP contribution in [0.4, 0.5) is 6.01 Å². The minimum atomic E-state index is -0.0491. The Morgan fingerprint density at radius 2 is 2.04 bits per heavy atom. The topological polar surface area (TPSA) is 58.8 Å². The number of piperidine rings is 1. The SMILES string of the molecule is COc1ccc(CN(C)C(=O)C2CCCN(c3nc4ccccc4o3)C2)cc1. The van der Waals surface area contributed by atoms with Crippen LogP contribution in [0.2, 0.25) is 0 Å². The van der Waals surface area contributed by atoms with E-state index in [-0.39, 0.29) is 11.8 Å². The first kappa shape index (κ1) is 18.3. The van der Waals surface area contributed by atoms with E-state index in [0.717, 1.165) is 41.8 Å². The van der Waals surface area contributed by atoms with Crippen LogP contribution in [0.3, 0.4) is 0 Å². The molecule has 2 heterocycles. The Kier molecular flexibility index (Phi) is 5.19. The number of benzene rings is 2. The molecule has 1 amide bonds. The summed E-state index contributed by atoms with van der Waals surface area (Å²) >= 11 is 0. The van der Waals surface area contributed by atoms with Gasteiger partial charge in [-0.3, -0.25) is 4.79 Å². The van der Waals surface area contributed by atoms with Crippen molar-refractivity contribution in [3.8, 4) is 5.75 Å². The number of amides is 1. The van der Waals surface area contributed by atoms with Crippen LogP contribution in [0.25, 0.3) is 11.1 Å². The Morgan fingerprint density at radius 3 is 2.79 bits per heavy atom. The fraction of sp³-hybridized carbons (Fsp3) is 0.364. The van der Waals surface area contributed by atoms with Crippen molar-refractivity contribution in [3.63, 3.8) is 0 Å². The van der Waals surface area contributed by atoms with Crippen LogP contribution in [0, 0.1) is 5.92 Å². The summed E-state index contributed by atoms with van der Waals surface area (Å²) in [5, 5.41) is 0. The molecule has 1 atom stereocenters. The predicted molar refractivity (Wildman–Crippen MR) is 108 cm³/mol. The van der Waals surface area contributed by atoms with Crippen molar-refractivity contribution in [2.24, 2.45) is 5.92 Å². The van der Waals surface area contributed by atoms with Gasteiger partial charge in [-0.05, 0) is 42.7 Å². The summed E-state index contributed by atoms with van der Waals surface area (Å²) in [6.07, 6.45) is 1.84. The largest absolute Gasteiger partial charge is 0.497 e. The second kappa shape index (κ2) is 7.92. The molecule has 6 nitrogen and oxygen atoms in total. The summed E-state index contributed by atoms with van der Waals surface area (Å²) < 4.78 is 11.1. The third kappa shape index (κ3) is 3.81. The summed E-state index contributed by atoms with van der Waals surface area (Å²) in [5.41, 5.74) is 2.72. The lowest BCUT2D eigenvalue weighted by molar-refractivity contribution is -0.135.